The molecule has 0 spiro atoms. The van der Waals surface area contributed by atoms with Crippen LogP contribution in [0.4, 0.5) is 8.78 Å². The highest BCUT2D eigenvalue weighted by Gasteiger charge is 2.23. The second kappa shape index (κ2) is 6.04. The molecular formula is C17H16F2O2. The van der Waals surface area contributed by atoms with Crippen LogP contribution in [0.2, 0.25) is 0 Å². The number of ether oxygens (including phenoxy) is 1. The lowest BCUT2D eigenvalue weighted by Crippen LogP contribution is -2.11. The van der Waals surface area contributed by atoms with Crippen molar-refractivity contribution in [3.8, 4) is 5.75 Å². The van der Waals surface area contributed by atoms with Crippen molar-refractivity contribution in [2.24, 2.45) is 0 Å². The van der Waals surface area contributed by atoms with Crippen LogP contribution in [0.3, 0.4) is 0 Å². The van der Waals surface area contributed by atoms with Gasteiger partial charge < -0.3 is 4.74 Å². The van der Waals surface area contributed by atoms with Crippen LogP contribution < -0.4 is 4.74 Å². The number of ketones is 1. The largest absolute Gasteiger partial charge is 0.493 e. The van der Waals surface area contributed by atoms with E-state index >= 15 is 0 Å². The number of hydrogen-bond donors (Lipinski definition) is 0. The monoisotopic (exact) mass is 290 g/mol. The van der Waals surface area contributed by atoms with Gasteiger partial charge in [0.2, 0.25) is 5.78 Å². The maximum Gasteiger partial charge on any atom is 0.202 e. The van der Waals surface area contributed by atoms with E-state index in [-0.39, 0.29) is 11.1 Å². The minimum absolute atomic E-state index is 0.167. The predicted octanol–water partition coefficient (Wildman–Crippen LogP) is 4.21. The molecule has 0 saturated carbocycles. The number of benzene rings is 2. The minimum Gasteiger partial charge on any atom is -0.493 e. The molecule has 0 aliphatic carbocycles. The quantitative estimate of drug-likeness (QED) is 0.788. The first-order chi connectivity index (χ1) is 9.95. The third-order valence-electron chi connectivity index (χ3n) is 3.19. The topological polar surface area (TPSA) is 26.3 Å². The van der Waals surface area contributed by atoms with Crippen LogP contribution in [0.1, 0.15) is 34.0 Å². The molecule has 0 unspecified atom stereocenters. The van der Waals surface area contributed by atoms with E-state index in [1.807, 2.05) is 0 Å². The van der Waals surface area contributed by atoms with E-state index in [4.69, 9.17) is 4.74 Å². The third-order valence-corrected chi connectivity index (χ3v) is 3.19. The Hall–Kier alpha value is -2.23. The number of aryl methyl sites for hydroxylation is 2. The molecule has 0 aliphatic rings. The fraction of sp³-hybridized carbons (Fsp3) is 0.235. The summed E-state index contributed by atoms with van der Waals surface area (Å²) in [6.07, 6.45) is 0. The van der Waals surface area contributed by atoms with E-state index in [1.165, 1.54) is 13.0 Å². The Bertz CT molecular complexity index is 693. The van der Waals surface area contributed by atoms with E-state index in [9.17, 15) is 13.6 Å². The van der Waals surface area contributed by atoms with Gasteiger partial charge in [-0.3, -0.25) is 4.79 Å². The Morgan fingerprint density at radius 3 is 2.52 bits per heavy atom. The molecule has 2 aromatic carbocycles. The summed E-state index contributed by atoms with van der Waals surface area (Å²) >= 11 is 0. The lowest BCUT2D eigenvalue weighted by Gasteiger charge is -2.12. The Morgan fingerprint density at radius 1 is 1.14 bits per heavy atom. The SMILES string of the molecule is CCOc1ccc(C)cc1C(=O)c1c(F)ccc(C)c1F. The zero-order valence-electron chi connectivity index (χ0n) is 12.2. The first kappa shape index (κ1) is 15.2. The van der Waals surface area contributed by atoms with Crippen LogP contribution in [0.15, 0.2) is 30.3 Å². The van der Waals surface area contributed by atoms with Gasteiger partial charge in [-0.15, -0.1) is 0 Å². The van der Waals surface area contributed by atoms with Crippen LogP contribution in [0.25, 0.3) is 0 Å². The maximum absolute atomic E-state index is 14.1. The summed E-state index contributed by atoms with van der Waals surface area (Å²) in [5, 5.41) is 0. The van der Waals surface area contributed by atoms with Gasteiger partial charge in [-0.1, -0.05) is 17.7 Å². The van der Waals surface area contributed by atoms with E-state index in [0.717, 1.165) is 11.6 Å². The van der Waals surface area contributed by atoms with Crippen LogP contribution >= 0.6 is 0 Å². The number of hydrogen-bond acceptors (Lipinski definition) is 2. The molecular weight excluding hydrogens is 274 g/mol. The highest BCUT2D eigenvalue weighted by Crippen LogP contribution is 2.26. The summed E-state index contributed by atoms with van der Waals surface area (Å²) in [5.41, 5.74) is 0.669. The fourth-order valence-electron chi connectivity index (χ4n) is 2.10. The molecule has 0 aromatic heterocycles. The highest BCUT2D eigenvalue weighted by atomic mass is 19.1. The molecule has 0 saturated heterocycles. The smallest absolute Gasteiger partial charge is 0.202 e. The lowest BCUT2D eigenvalue weighted by molar-refractivity contribution is 0.102. The second-order valence-corrected chi connectivity index (χ2v) is 4.82. The predicted molar refractivity (Wildman–Crippen MR) is 76.9 cm³/mol. The van der Waals surface area contributed by atoms with Gasteiger partial charge in [0.25, 0.3) is 0 Å². The molecule has 110 valence electrons. The fourth-order valence-corrected chi connectivity index (χ4v) is 2.10. The van der Waals surface area contributed by atoms with Crippen molar-refractivity contribution in [2.45, 2.75) is 20.8 Å². The molecule has 2 aromatic rings. The van der Waals surface area contributed by atoms with E-state index < -0.39 is 23.0 Å². The second-order valence-electron chi connectivity index (χ2n) is 4.82. The summed E-state index contributed by atoms with van der Waals surface area (Å²) in [5.74, 6) is -2.08. The zero-order valence-corrected chi connectivity index (χ0v) is 12.2. The van der Waals surface area contributed by atoms with Crippen molar-refractivity contribution < 1.29 is 18.3 Å². The van der Waals surface area contributed by atoms with Crippen molar-refractivity contribution in [1.29, 1.82) is 0 Å². The van der Waals surface area contributed by atoms with E-state index in [0.29, 0.717) is 12.4 Å². The highest BCUT2D eigenvalue weighted by molar-refractivity contribution is 6.11. The molecule has 0 amide bonds. The lowest BCUT2D eigenvalue weighted by atomic mass is 9.98. The first-order valence-corrected chi connectivity index (χ1v) is 6.68. The minimum atomic E-state index is -0.868. The van der Waals surface area contributed by atoms with E-state index in [1.54, 1.807) is 32.0 Å². The Balaban J connectivity index is 2.60. The van der Waals surface area contributed by atoms with E-state index in [2.05, 4.69) is 0 Å². The normalized spacial score (nSPS) is 10.5. The zero-order chi connectivity index (χ0) is 15.6. The molecule has 21 heavy (non-hydrogen) atoms. The molecule has 0 fully saturated rings. The van der Waals surface area contributed by atoms with Crippen molar-refractivity contribution in [1.82, 2.24) is 0 Å². The molecule has 2 nitrogen and oxygen atoms in total. The van der Waals surface area contributed by atoms with Gasteiger partial charge in [0.1, 0.15) is 17.4 Å². The summed E-state index contributed by atoms with van der Waals surface area (Å²) in [6.45, 7) is 5.44. The Kier molecular flexibility index (Phi) is 4.36. The molecule has 0 aliphatic heterocycles. The van der Waals surface area contributed by atoms with Crippen molar-refractivity contribution in [2.75, 3.05) is 6.61 Å². The van der Waals surface area contributed by atoms with Gasteiger partial charge in [0.05, 0.1) is 17.7 Å². The summed E-state index contributed by atoms with van der Waals surface area (Å²) in [4.78, 5) is 12.5. The average molecular weight is 290 g/mol. The molecule has 0 N–H and O–H groups in total. The Labute approximate surface area is 122 Å². The molecule has 0 radical (unpaired) electrons. The van der Waals surface area contributed by atoms with Crippen molar-refractivity contribution in [3.05, 3.63) is 64.2 Å². The maximum atomic E-state index is 14.1. The third kappa shape index (κ3) is 2.94. The summed E-state index contributed by atoms with van der Waals surface area (Å²) < 4.78 is 33.4. The van der Waals surface area contributed by atoms with Gasteiger partial charge >= 0.3 is 0 Å². The van der Waals surface area contributed by atoms with Gasteiger partial charge in [-0.2, -0.15) is 0 Å². The molecule has 4 heteroatoms. The number of carbonyl (C=O) groups excluding carboxylic acids is 1. The standard InChI is InChI=1S/C17H16F2O2/c1-4-21-14-8-5-10(2)9-12(14)17(20)15-13(18)7-6-11(3)16(15)19/h5-9H,4H2,1-3H3. The Morgan fingerprint density at radius 2 is 1.86 bits per heavy atom. The van der Waals surface area contributed by atoms with Crippen molar-refractivity contribution in [3.63, 3.8) is 0 Å². The van der Waals surface area contributed by atoms with Crippen LogP contribution in [-0.2, 0) is 0 Å². The van der Waals surface area contributed by atoms with Gasteiger partial charge in [-0.25, -0.2) is 8.78 Å². The molecule has 0 bridgehead atoms. The van der Waals surface area contributed by atoms with Gasteiger partial charge in [-0.05, 0) is 44.5 Å². The number of rotatable bonds is 4. The molecule has 0 atom stereocenters. The number of halogens is 2. The van der Waals surface area contributed by atoms with Gasteiger partial charge in [0, 0.05) is 0 Å². The summed E-state index contributed by atoms with van der Waals surface area (Å²) in [7, 11) is 0. The van der Waals surface area contributed by atoms with Gasteiger partial charge in [0.15, 0.2) is 0 Å². The average Bonchev–Trinajstić information content (AvgIpc) is 2.45. The molecule has 0 heterocycles. The first-order valence-electron chi connectivity index (χ1n) is 6.68. The summed E-state index contributed by atoms with van der Waals surface area (Å²) in [6, 6.07) is 7.40. The van der Waals surface area contributed by atoms with Crippen molar-refractivity contribution >= 4 is 5.78 Å². The van der Waals surface area contributed by atoms with Crippen LogP contribution in [0.5, 0.6) is 5.75 Å². The van der Waals surface area contributed by atoms with Crippen LogP contribution in [-0.4, -0.2) is 12.4 Å². The van der Waals surface area contributed by atoms with Crippen LogP contribution in [0, 0.1) is 25.5 Å². The number of carbonyl (C=O) groups is 1. The molecule has 2 rings (SSSR count).